The largest absolute Gasteiger partial charge is 0.489 e. The van der Waals surface area contributed by atoms with Crippen LogP contribution in [0.2, 0.25) is 0 Å². The Bertz CT molecular complexity index is 882. The molecule has 160 valence electrons. The zero-order chi connectivity index (χ0) is 20.7. The summed E-state index contributed by atoms with van der Waals surface area (Å²) in [4.78, 5) is 2.14. The van der Waals surface area contributed by atoms with Gasteiger partial charge >= 0.3 is 0 Å². The van der Waals surface area contributed by atoms with Gasteiger partial charge < -0.3 is 14.7 Å². The molecule has 0 saturated heterocycles. The van der Waals surface area contributed by atoms with Crippen LogP contribution in [0.4, 0.5) is 0 Å². The van der Waals surface area contributed by atoms with Crippen molar-refractivity contribution < 1.29 is 9.84 Å². The van der Waals surface area contributed by atoms with Crippen molar-refractivity contribution in [1.82, 2.24) is 4.90 Å². The highest BCUT2D eigenvalue weighted by molar-refractivity contribution is 5.85. The number of hydrogen-bond donors (Lipinski definition) is 1. The monoisotopic (exact) mass is 425 g/mol. The van der Waals surface area contributed by atoms with Crippen LogP contribution in [0.1, 0.15) is 23.6 Å². The predicted octanol–water partition coefficient (Wildman–Crippen LogP) is 5.32. The molecular weight excluding hydrogens is 394 g/mol. The average molecular weight is 426 g/mol. The van der Waals surface area contributed by atoms with Gasteiger partial charge in [-0.2, -0.15) is 0 Å². The second kappa shape index (κ2) is 11.2. The molecule has 0 aliphatic carbocycles. The molecule has 0 aliphatic rings. The summed E-state index contributed by atoms with van der Waals surface area (Å²) < 4.78 is 5.99. The van der Waals surface area contributed by atoms with Gasteiger partial charge in [-0.1, -0.05) is 72.8 Å². The molecule has 0 aromatic heterocycles. The number of rotatable bonds is 9. The Morgan fingerprint density at radius 2 is 1.47 bits per heavy atom. The molecule has 30 heavy (non-hydrogen) atoms. The van der Waals surface area contributed by atoms with E-state index in [9.17, 15) is 5.11 Å². The van der Waals surface area contributed by atoms with E-state index in [0.29, 0.717) is 6.61 Å². The van der Waals surface area contributed by atoms with Gasteiger partial charge in [0, 0.05) is 12.5 Å². The second-order valence-corrected chi connectivity index (χ2v) is 8.10. The van der Waals surface area contributed by atoms with E-state index in [4.69, 9.17) is 4.74 Å². The molecule has 3 aromatic rings. The minimum absolute atomic E-state index is 0. The maximum atomic E-state index is 11.6. The molecule has 0 saturated carbocycles. The minimum atomic E-state index is -0.980. The van der Waals surface area contributed by atoms with E-state index in [1.165, 1.54) is 5.56 Å². The Labute approximate surface area is 186 Å². The molecule has 3 aromatic carbocycles. The third-order valence-corrected chi connectivity index (χ3v) is 5.37. The van der Waals surface area contributed by atoms with Crippen LogP contribution in [0.25, 0.3) is 0 Å². The molecule has 1 N–H and O–H groups in total. The number of aliphatic hydroxyl groups is 1. The standard InChI is InChI=1S/C26H31NO2.ClH/c1-26(28,24(19-27(2)3)17-21-11-6-4-7-12-21)23-15-10-16-25(18-23)29-20-22-13-8-5-9-14-22;/h4-16,18,24,28H,17,19-20H2,1-3H3;1H. The van der Waals surface area contributed by atoms with Crippen LogP contribution >= 0.6 is 12.4 Å². The lowest BCUT2D eigenvalue weighted by atomic mass is 9.79. The number of nitrogens with zero attached hydrogens (tertiary/aromatic N) is 1. The SMILES string of the molecule is CN(C)CC(Cc1ccccc1)C(C)(O)c1cccc(OCc2ccccc2)c1.Cl. The summed E-state index contributed by atoms with van der Waals surface area (Å²) in [5.74, 6) is 0.819. The molecule has 0 heterocycles. The van der Waals surface area contributed by atoms with Gasteiger partial charge in [-0.05, 0) is 56.3 Å². The van der Waals surface area contributed by atoms with Crippen molar-refractivity contribution in [2.24, 2.45) is 5.92 Å². The summed E-state index contributed by atoms with van der Waals surface area (Å²) in [6.45, 7) is 3.22. The maximum absolute atomic E-state index is 11.6. The normalized spacial score (nSPS) is 13.9. The van der Waals surface area contributed by atoms with E-state index in [2.05, 4.69) is 29.2 Å². The molecule has 2 atom stereocenters. The van der Waals surface area contributed by atoms with Crippen LogP contribution in [0, 0.1) is 5.92 Å². The molecule has 0 amide bonds. The van der Waals surface area contributed by atoms with Gasteiger partial charge in [-0.25, -0.2) is 0 Å². The van der Waals surface area contributed by atoms with Gasteiger partial charge in [0.2, 0.25) is 0 Å². The average Bonchev–Trinajstić information content (AvgIpc) is 2.73. The fourth-order valence-electron chi connectivity index (χ4n) is 3.66. The highest BCUT2D eigenvalue weighted by atomic mass is 35.5. The van der Waals surface area contributed by atoms with Gasteiger partial charge in [-0.3, -0.25) is 0 Å². The van der Waals surface area contributed by atoms with Gasteiger partial charge in [0.25, 0.3) is 0 Å². The molecule has 0 bridgehead atoms. The number of ether oxygens (including phenoxy) is 1. The van der Waals surface area contributed by atoms with Crippen LogP contribution < -0.4 is 4.74 Å². The first-order valence-corrected chi connectivity index (χ1v) is 10.1. The second-order valence-electron chi connectivity index (χ2n) is 8.10. The number of benzene rings is 3. The predicted molar refractivity (Wildman–Crippen MR) is 126 cm³/mol. The molecule has 0 radical (unpaired) electrons. The van der Waals surface area contributed by atoms with Crippen molar-refractivity contribution in [3.8, 4) is 5.75 Å². The lowest BCUT2D eigenvalue weighted by molar-refractivity contribution is -0.0159. The van der Waals surface area contributed by atoms with Crippen molar-refractivity contribution in [3.63, 3.8) is 0 Å². The zero-order valence-electron chi connectivity index (χ0n) is 18.0. The van der Waals surface area contributed by atoms with Crippen molar-refractivity contribution in [2.75, 3.05) is 20.6 Å². The molecule has 4 heteroatoms. The van der Waals surface area contributed by atoms with E-state index >= 15 is 0 Å². The van der Waals surface area contributed by atoms with E-state index in [0.717, 1.165) is 29.8 Å². The summed E-state index contributed by atoms with van der Waals surface area (Å²) in [6, 6.07) is 28.3. The zero-order valence-corrected chi connectivity index (χ0v) is 18.8. The molecule has 0 spiro atoms. The highest BCUT2D eigenvalue weighted by Crippen LogP contribution is 2.34. The molecule has 0 fully saturated rings. The topological polar surface area (TPSA) is 32.7 Å². The lowest BCUT2D eigenvalue weighted by Crippen LogP contribution is -2.39. The van der Waals surface area contributed by atoms with Gasteiger partial charge in [0.05, 0.1) is 5.60 Å². The summed E-state index contributed by atoms with van der Waals surface area (Å²) in [5.41, 5.74) is 2.26. The first-order valence-electron chi connectivity index (χ1n) is 10.1. The van der Waals surface area contributed by atoms with Crippen molar-refractivity contribution in [2.45, 2.75) is 25.6 Å². The van der Waals surface area contributed by atoms with Crippen LogP contribution in [0.5, 0.6) is 5.75 Å². The summed E-state index contributed by atoms with van der Waals surface area (Å²) in [7, 11) is 4.10. The Hall–Kier alpha value is -2.33. The Morgan fingerprint density at radius 1 is 0.867 bits per heavy atom. The van der Waals surface area contributed by atoms with Crippen molar-refractivity contribution >= 4 is 12.4 Å². The minimum Gasteiger partial charge on any atom is -0.489 e. The molecule has 3 rings (SSSR count). The molecule has 2 unspecified atom stereocenters. The van der Waals surface area contributed by atoms with E-state index in [1.807, 2.05) is 81.7 Å². The Kier molecular flexibility index (Phi) is 8.91. The van der Waals surface area contributed by atoms with E-state index in [-0.39, 0.29) is 18.3 Å². The van der Waals surface area contributed by atoms with Gasteiger partial charge in [-0.15, -0.1) is 12.4 Å². The number of hydrogen-bond acceptors (Lipinski definition) is 3. The Balaban J connectivity index is 0.00000320. The third kappa shape index (κ3) is 6.60. The smallest absolute Gasteiger partial charge is 0.120 e. The summed E-state index contributed by atoms with van der Waals surface area (Å²) >= 11 is 0. The number of halogens is 1. The van der Waals surface area contributed by atoms with Crippen LogP contribution in [0.3, 0.4) is 0 Å². The van der Waals surface area contributed by atoms with Gasteiger partial charge in [0.15, 0.2) is 0 Å². The fourth-order valence-corrected chi connectivity index (χ4v) is 3.66. The maximum Gasteiger partial charge on any atom is 0.120 e. The molecule has 0 aliphatic heterocycles. The quantitative estimate of drug-likeness (QED) is 0.504. The van der Waals surface area contributed by atoms with Crippen LogP contribution in [0.15, 0.2) is 84.9 Å². The van der Waals surface area contributed by atoms with Crippen molar-refractivity contribution in [3.05, 3.63) is 102 Å². The van der Waals surface area contributed by atoms with E-state index in [1.54, 1.807) is 0 Å². The lowest BCUT2D eigenvalue weighted by Gasteiger charge is -2.35. The fraction of sp³-hybridized carbons (Fsp3) is 0.308. The van der Waals surface area contributed by atoms with E-state index < -0.39 is 5.60 Å². The van der Waals surface area contributed by atoms with Crippen LogP contribution in [-0.4, -0.2) is 30.6 Å². The van der Waals surface area contributed by atoms with Crippen molar-refractivity contribution in [1.29, 1.82) is 0 Å². The summed E-state index contributed by atoms with van der Waals surface area (Å²) in [5, 5.41) is 11.6. The molecular formula is C26H32ClNO2. The first-order chi connectivity index (χ1) is 13.9. The highest BCUT2D eigenvalue weighted by Gasteiger charge is 2.34. The summed E-state index contributed by atoms with van der Waals surface area (Å²) in [6.07, 6.45) is 0.807. The first kappa shape index (κ1) is 23.9. The van der Waals surface area contributed by atoms with Gasteiger partial charge in [0.1, 0.15) is 12.4 Å². The Morgan fingerprint density at radius 3 is 2.07 bits per heavy atom. The third-order valence-electron chi connectivity index (χ3n) is 5.37. The van der Waals surface area contributed by atoms with Crippen LogP contribution in [-0.2, 0) is 18.6 Å². The molecule has 3 nitrogen and oxygen atoms in total.